The Morgan fingerprint density at radius 2 is 2.31 bits per heavy atom. The number of unbranched alkanes of at least 4 members (excludes halogenated alkanes) is 1. The summed E-state index contributed by atoms with van der Waals surface area (Å²) < 4.78 is 5.08. The Hall–Kier alpha value is -0.440. The van der Waals surface area contributed by atoms with Crippen LogP contribution in [0.2, 0.25) is 0 Å². The van der Waals surface area contributed by atoms with E-state index in [1.54, 1.807) is 5.41 Å². The average Bonchev–Trinajstić information content (AvgIpc) is 2.14. The van der Waals surface area contributed by atoms with E-state index in [4.69, 9.17) is 4.74 Å². The summed E-state index contributed by atoms with van der Waals surface area (Å²) in [6.07, 6.45) is 2.79. The van der Waals surface area contributed by atoms with E-state index in [9.17, 15) is 4.79 Å². The molecule has 13 heavy (non-hydrogen) atoms. The van der Waals surface area contributed by atoms with E-state index in [0.29, 0.717) is 6.61 Å². The van der Waals surface area contributed by atoms with Crippen LogP contribution in [-0.4, -0.2) is 17.8 Å². The zero-order valence-corrected chi connectivity index (χ0v) is 9.23. The fraction of sp³-hybridized carbons (Fsp3) is 0.700. The van der Waals surface area contributed by atoms with E-state index < -0.39 is 0 Å². The third kappa shape index (κ3) is 5.75. The summed E-state index contributed by atoms with van der Waals surface area (Å²) in [6, 6.07) is 0. The number of ether oxygens (including phenoxy) is 1. The molecule has 0 aliphatic carbocycles. The Morgan fingerprint density at radius 3 is 2.77 bits per heavy atom. The Bertz CT molecular complexity index is 157. The maximum absolute atomic E-state index is 11.3. The first-order valence-corrected chi connectivity index (χ1v) is 5.63. The van der Waals surface area contributed by atoms with Crippen LogP contribution in [0, 0.1) is 0 Å². The van der Waals surface area contributed by atoms with Crippen LogP contribution in [0.4, 0.5) is 0 Å². The van der Waals surface area contributed by atoms with Gasteiger partial charge in [0.15, 0.2) is 0 Å². The molecule has 76 valence electrons. The van der Waals surface area contributed by atoms with E-state index in [-0.39, 0.29) is 11.2 Å². The molecule has 0 rings (SSSR count). The summed E-state index contributed by atoms with van der Waals surface area (Å²) in [4.78, 5) is 11.3. The Balaban J connectivity index is 3.70. The van der Waals surface area contributed by atoms with E-state index in [0.717, 1.165) is 19.3 Å². The molecule has 0 aliphatic rings. The van der Waals surface area contributed by atoms with Crippen molar-refractivity contribution in [3.63, 3.8) is 0 Å². The highest BCUT2D eigenvalue weighted by molar-refractivity contribution is 8.03. The Morgan fingerprint density at radius 1 is 1.62 bits per heavy atom. The van der Waals surface area contributed by atoms with Crippen molar-refractivity contribution < 1.29 is 9.53 Å². The molecule has 0 radical (unpaired) electrons. The minimum atomic E-state index is -0.110. The first-order chi connectivity index (χ1) is 6.26. The molecule has 2 nitrogen and oxygen atoms in total. The molecule has 0 aromatic rings. The van der Waals surface area contributed by atoms with Crippen molar-refractivity contribution in [2.45, 2.75) is 38.4 Å². The van der Waals surface area contributed by atoms with Gasteiger partial charge in [0.1, 0.15) is 5.25 Å². The van der Waals surface area contributed by atoms with Crippen LogP contribution in [0.15, 0.2) is 12.0 Å². The highest BCUT2D eigenvalue weighted by Gasteiger charge is 2.16. The molecular weight excluding hydrogens is 184 g/mol. The minimum absolute atomic E-state index is 0.0747. The van der Waals surface area contributed by atoms with Crippen molar-refractivity contribution in [2.75, 3.05) is 6.61 Å². The molecule has 3 heteroatoms. The number of hydrogen-bond acceptors (Lipinski definition) is 3. The summed E-state index contributed by atoms with van der Waals surface area (Å²) in [7, 11) is 0. The number of carbonyl (C=O) groups is 1. The highest BCUT2D eigenvalue weighted by Crippen LogP contribution is 2.16. The largest absolute Gasteiger partial charge is 0.465 e. The molecule has 1 unspecified atom stereocenters. The lowest BCUT2D eigenvalue weighted by atomic mass is 10.3. The van der Waals surface area contributed by atoms with Crippen molar-refractivity contribution in [1.82, 2.24) is 0 Å². The van der Waals surface area contributed by atoms with Gasteiger partial charge in [-0.05, 0) is 18.2 Å². The summed E-state index contributed by atoms with van der Waals surface area (Å²) in [5.41, 5.74) is 0. The molecule has 0 N–H and O–H groups in total. The second-order valence-corrected chi connectivity index (χ2v) is 3.90. The quantitative estimate of drug-likeness (QED) is 0.469. The lowest BCUT2D eigenvalue weighted by Gasteiger charge is -2.10. The SMILES string of the molecule is C=CSC(CC)C(=O)OCCCC. The van der Waals surface area contributed by atoms with Crippen molar-refractivity contribution in [3.8, 4) is 0 Å². The van der Waals surface area contributed by atoms with Gasteiger partial charge in [-0.3, -0.25) is 4.79 Å². The molecule has 0 aliphatic heterocycles. The second-order valence-electron chi connectivity index (χ2n) is 2.72. The highest BCUT2D eigenvalue weighted by atomic mass is 32.2. The predicted molar refractivity (Wildman–Crippen MR) is 57.7 cm³/mol. The van der Waals surface area contributed by atoms with E-state index in [1.807, 2.05) is 6.92 Å². The van der Waals surface area contributed by atoms with Crippen molar-refractivity contribution in [3.05, 3.63) is 12.0 Å². The topological polar surface area (TPSA) is 26.3 Å². The van der Waals surface area contributed by atoms with Gasteiger partial charge in [0.25, 0.3) is 0 Å². The Kier molecular flexibility index (Phi) is 7.90. The third-order valence-corrected chi connectivity index (χ3v) is 2.68. The predicted octanol–water partition coefficient (Wildman–Crippen LogP) is 2.99. The van der Waals surface area contributed by atoms with Crippen LogP contribution in [-0.2, 0) is 9.53 Å². The van der Waals surface area contributed by atoms with Gasteiger partial charge in [-0.15, -0.1) is 11.8 Å². The first kappa shape index (κ1) is 12.6. The maximum Gasteiger partial charge on any atom is 0.319 e. The van der Waals surface area contributed by atoms with Crippen molar-refractivity contribution in [1.29, 1.82) is 0 Å². The van der Waals surface area contributed by atoms with Crippen molar-refractivity contribution in [2.24, 2.45) is 0 Å². The number of rotatable bonds is 7. The summed E-state index contributed by atoms with van der Waals surface area (Å²) >= 11 is 1.43. The van der Waals surface area contributed by atoms with E-state index in [2.05, 4.69) is 13.5 Å². The van der Waals surface area contributed by atoms with Gasteiger partial charge in [0.2, 0.25) is 0 Å². The Labute approximate surface area is 84.7 Å². The summed E-state index contributed by atoms with van der Waals surface area (Å²) in [5.74, 6) is -0.110. The van der Waals surface area contributed by atoms with Crippen LogP contribution in [0.5, 0.6) is 0 Å². The monoisotopic (exact) mass is 202 g/mol. The average molecular weight is 202 g/mol. The molecule has 0 aromatic heterocycles. The van der Waals surface area contributed by atoms with Crippen LogP contribution in [0.25, 0.3) is 0 Å². The fourth-order valence-electron chi connectivity index (χ4n) is 0.845. The van der Waals surface area contributed by atoms with Gasteiger partial charge >= 0.3 is 5.97 Å². The first-order valence-electron chi connectivity index (χ1n) is 4.69. The number of esters is 1. The fourth-order valence-corrected chi connectivity index (χ4v) is 1.45. The van der Waals surface area contributed by atoms with Gasteiger partial charge in [0, 0.05) is 0 Å². The molecule has 0 amide bonds. The van der Waals surface area contributed by atoms with Gasteiger partial charge in [0.05, 0.1) is 6.61 Å². The van der Waals surface area contributed by atoms with Gasteiger partial charge in [-0.1, -0.05) is 26.8 Å². The zero-order chi connectivity index (χ0) is 10.1. The smallest absolute Gasteiger partial charge is 0.319 e. The number of carbonyl (C=O) groups excluding carboxylic acids is 1. The minimum Gasteiger partial charge on any atom is -0.465 e. The number of thioether (sulfide) groups is 1. The molecule has 0 aromatic carbocycles. The molecule has 0 saturated carbocycles. The molecule has 0 saturated heterocycles. The zero-order valence-electron chi connectivity index (χ0n) is 8.41. The molecule has 0 spiro atoms. The third-order valence-electron chi connectivity index (χ3n) is 1.64. The van der Waals surface area contributed by atoms with Crippen LogP contribution < -0.4 is 0 Å². The standard InChI is InChI=1S/C10H18O2S/c1-4-7-8-12-10(11)9(5-2)13-6-3/h6,9H,3-5,7-8H2,1-2H3. The van der Waals surface area contributed by atoms with Crippen LogP contribution >= 0.6 is 11.8 Å². The van der Waals surface area contributed by atoms with Crippen molar-refractivity contribution >= 4 is 17.7 Å². The van der Waals surface area contributed by atoms with E-state index in [1.165, 1.54) is 11.8 Å². The molecule has 1 atom stereocenters. The molecular formula is C10H18O2S. The van der Waals surface area contributed by atoms with Gasteiger partial charge < -0.3 is 4.74 Å². The van der Waals surface area contributed by atoms with Gasteiger partial charge in [-0.25, -0.2) is 0 Å². The van der Waals surface area contributed by atoms with Gasteiger partial charge in [-0.2, -0.15) is 0 Å². The molecule has 0 bridgehead atoms. The molecule has 0 fully saturated rings. The normalized spacial score (nSPS) is 12.2. The second kappa shape index (κ2) is 8.17. The summed E-state index contributed by atoms with van der Waals surface area (Å²) in [6.45, 7) is 8.18. The lowest BCUT2D eigenvalue weighted by molar-refractivity contribution is -0.143. The van der Waals surface area contributed by atoms with Crippen LogP contribution in [0.1, 0.15) is 33.1 Å². The maximum atomic E-state index is 11.3. The lowest BCUT2D eigenvalue weighted by Crippen LogP contribution is -2.19. The number of hydrogen-bond donors (Lipinski definition) is 0. The van der Waals surface area contributed by atoms with E-state index >= 15 is 0 Å². The summed E-state index contributed by atoms with van der Waals surface area (Å²) in [5, 5.41) is 1.62. The van der Waals surface area contributed by atoms with Crippen LogP contribution in [0.3, 0.4) is 0 Å². The molecule has 0 heterocycles.